The van der Waals surface area contributed by atoms with Crippen molar-refractivity contribution >= 4 is 29.3 Å². The van der Waals surface area contributed by atoms with E-state index in [0.29, 0.717) is 0 Å². The molecule has 4 nitrogen and oxygen atoms in total. The van der Waals surface area contributed by atoms with Gasteiger partial charge in [0.1, 0.15) is 0 Å². The Morgan fingerprint density at radius 2 is 2.10 bits per heavy atom. The third kappa shape index (κ3) is 3.93. The van der Waals surface area contributed by atoms with E-state index in [1.807, 2.05) is 19.1 Å². The monoisotopic (exact) mass is 293 g/mol. The van der Waals surface area contributed by atoms with E-state index in [0.717, 1.165) is 30.6 Å². The molecule has 0 aromatic carbocycles. The molecule has 0 saturated heterocycles. The topological polar surface area (TPSA) is 66.4 Å². The first-order valence-electron chi connectivity index (χ1n) is 6.78. The molecule has 1 fully saturated rings. The Bertz CT molecular complexity index is 527. The minimum absolute atomic E-state index is 0.00465. The molecule has 0 bridgehead atoms. The SMILES string of the molecule is Cc1ccc(C=CC(=O)NC2(CC(=O)O)CCCC2)s1. The standard InChI is InChI=1S/C15H19NO3S/c1-11-4-5-12(20-11)6-7-13(17)16-15(10-14(18)19)8-2-3-9-15/h4-7H,2-3,8-10H2,1H3,(H,16,17)(H,18,19). The van der Waals surface area contributed by atoms with E-state index >= 15 is 0 Å². The minimum Gasteiger partial charge on any atom is -0.481 e. The first-order valence-corrected chi connectivity index (χ1v) is 7.59. The molecule has 0 aliphatic heterocycles. The van der Waals surface area contributed by atoms with Crippen molar-refractivity contribution in [2.75, 3.05) is 0 Å². The summed E-state index contributed by atoms with van der Waals surface area (Å²) >= 11 is 1.62. The average molecular weight is 293 g/mol. The number of carbonyl (C=O) groups is 2. The number of carboxylic acids is 1. The maximum absolute atomic E-state index is 12.0. The number of carboxylic acid groups (broad SMARTS) is 1. The molecule has 0 unspecified atom stereocenters. The maximum Gasteiger partial charge on any atom is 0.305 e. The van der Waals surface area contributed by atoms with Gasteiger partial charge in [0.25, 0.3) is 0 Å². The van der Waals surface area contributed by atoms with E-state index in [2.05, 4.69) is 5.32 Å². The summed E-state index contributed by atoms with van der Waals surface area (Å²) in [7, 11) is 0. The number of hydrogen-bond donors (Lipinski definition) is 2. The second-order valence-electron chi connectivity index (χ2n) is 5.33. The summed E-state index contributed by atoms with van der Waals surface area (Å²) in [5.41, 5.74) is -0.557. The summed E-state index contributed by atoms with van der Waals surface area (Å²) < 4.78 is 0. The Balaban J connectivity index is 1.98. The molecule has 0 spiro atoms. The number of rotatable bonds is 5. The van der Waals surface area contributed by atoms with Crippen LogP contribution >= 0.6 is 11.3 Å². The number of hydrogen-bond acceptors (Lipinski definition) is 3. The summed E-state index contributed by atoms with van der Waals surface area (Å²) in [4.78, 5) is 25.2. The Labute approximate surface area is 122 Å². The van der Waals surface area contributed by atoms with Crippen molar-refractivity contribution in [2.45, 2.75) is 44.6 Å². The molecule has 1 aromatic rings. The Morgan fingerprint density at radius 3 is 2.65 bits per heavy atom. The highest BCUT2D eigenvalue weighted by molar-refractivity contribution is 7.12. The van der Waals surface area contributed by atoms with E-state index in [1.54, 1.807) is 17.4 Å². The van der Waals surface area contributed by atoms with Gasteiger partial charge in [0.05, 0.1) is 12.0 Å². The summed E-state index contributed by atoms with van der Waals surface area (Å²) in [5, 5.41) is 11.9. The second-order valence-corrected chi connectivity index (χ2v) is 6.65. The second kappa shape index (κ2) is 6.22. The average Bonchev–Trinajstić information content (AvgIpc) is 2.95. The molecule has 2 N–H and O–H groups in total. The lowest BCUT2D eigenvalue weighted by molar-refractivity contribution is -0.139. The summed E-state index contributed by atoms with van der Waals surface area (Å²) in [5.74, 6) is -1.07. The molecule has 108 valence electrons. The highest BCUT2D eigenvalue weighted by Gasteiger charge is 2.36. The van der Waals surface area contributed by atoms with Gasteiger partial charge in [-0.05, 0) is 38.0 Å². The lowest BCUT2D eigenvalue weighted by Crippen LogP contribution is -2.47. The van der Waals surface area contributed by atoms with Crippen LogP contribution in [0.15, 0.2) is 18.2 Å². The summed E-state index contributed by atoms with van der Waals surface area (Å²) in [6, 6.07) is 3.97. The molecule has 1 heterocycles. The Kier molecular flexibility index (Phi) is 4.60. The number of amides is 1. The number of thiophene rings is 1. The number of aryl methyl sites for hydroxylation is 1. The molecule has 1 aliphatic carbocycles. The lowest BCUT2D eigenvalue weighted by Gasteiger charge is -2.27. The van der Waals surface area contributed by atoms with Crippen LogP contribution in [0, 0.1) is 6.92 Å². The van der Waals surface area contributed by atoms with Crippen LogP contribution in [-0.2, 0) is 9.59 Å². The molecule has 1 aliphatic rings. The highest BCUT2D eigenvalue weighted by atomic mass is 32.1. The number of nitrogens with one attached hydrogen (secondary N) is 1. The molecule has 1 saturated carbocycles. The van der Waals surface area contributed by atoms with Crippen LogP contribution in [0.4, 0.5) is 0 Å². The van der Waals surface area contributed by atoms with E-state index in [9.17, 15) is 9.59 Å². The van der Waals surface area contributed by atoms with Crippen LogP contribution in [0.2, 0.25) is 0 Å². The van der Waals surface area contributed by atoms with Gasteiger partial charge in [-0.2, -0.15) is 0 Å². The largest absolute Gasteiger partial charge is 0.481 e. The fourth-order valence-corrected chi connectivity index (χ4v) is 3.47. The van der Waals surface area contributed by atoms with Crippen LogP contribution in [0.1, 0.15) is 41.9 Å². The number of carbonyl (C=O) groups excluding carboxylic acids is 1. The third-order valence-electron chi connectivity index (χ3n) is 3.60. The summed E-state index contributed by atoms with van der Waals surface area (Å²) in [6.07, 6.45) is 6.71. The molecular weight excluding hydrogens is 274 g/mol. The van der Waals surface area contributed by atoms with Gasteiger partial charge < -0.3 is 10.4 Å². The van der Waals surface area contributed by atoms with Crippen LogP contribution in [0.5, 0.6) is 0 Å². The van der Waals surface area contributed by atoms with Crippen molar-refractivity contribution in [3.8, 4) is 0 Å². The van der Waals surface area contributed by atoms with Gasteiger partial charge in [-0.3, -0.25) is 9.59 Å². The van der Waals surface area contributed by atoms with Crippen molar-refractivity contribution in [1.29, 1.82) is 0 Å². The van der Waals surface area contributed by atoms with Gasteiger partial charge in [-0.25, -0.2) is 0 Å². The van der Waals surface area contributed by atoms with Crippen molar-refractivity contribution in [1.82, 2.24) is 5.32 Å². The van der Waals surface area contributed by atoms with Gasteiger partial charge >= 0.3 is 5.97 Å². The van der Waals surface area contributed by atoms with E-state index in [4.69, 9.17) is 5.11 Å². The van der Waals surface area contributed by atoms with Crippen molar-refractivity contribution < 1.29 is 14.7 Å². The number of aliphatic carboxylic acids is 1. The van der Waals surface area contributed by atoms with Gasteiger partial charge in [0.2, 0.25) is 5.91 Å². The predicted molar refractivity (Wildman–Crippen MR) is 79.7 cm³/mol. The van der Waals surface area contributed by atoms with Gasteiger partial charge in [-0.15, -0.1) is 11.3 Å². The van der Waals surface area contributed by atoms with E-state index in [1.165, 1.54) is 11.0 Å². The zero-order valence-corrected chi connectivity index (χ0v) is 12.3. The Hall–Kier alpha value is -1.62. The first-order chi connectivity index (χ1) is 9.49. The zero-order chi connectivity index (χ0) is 14.6. The van der Waals surface area contributed by atoms with Crippen molar-refractivity contribution in [2.24, 2.45) is 0 Å². The molecule has 0 atom stereocenters. The Morgan fingerprint density at radius 1 is 1.40 bits per heavy atom. The van der Waals surface area contributed by atoms with E-state index in [-0.39, 0.29) is 12.3 Å². The molecule has 2 rings (SSSR count). The third-order valence-corrected chi connectivity index (χ3v) is 4.56. The zero-order valence-electron chi connectivity index (χ0n) is 11.5. The fraction of sp³-hybridized carbons (Fsp3) is 0.467. The lowest BCUT2D eigenvalue weighted by atomic mass is 9.93. The van der Waals surface area contributed by atoms with Crippen molar-refractivity contribution in [3.05, 3.63) is 28.0 Å². The molecular formula is C15H19NO3S. The highest BCUT2D eigenvalue weighted by Crippen LogP contribution is 2.32. The molecule has 0 radical (unpaired) electrons. The molecule has 1 aromatic heterocycles. The molecule has 20 heavy (non-hydrogen) atoms. The van der Waals surface area contributed by atoms with Gasteiger partial charge in [-0.1, -0.05) is 12.8 Å². The van der Waals surface area contributed by atoms with Crippen LogP contribution < -0.4 is 5.32 Å². The van der Waals surface area contributed by atoms with Gasteiger partial charge in [0.15, 0.2) is 0 Å². The van der Waals surface area contributed by atoms with Gasteiger partial charge in [0, 0.05) is 15.8 Å². The quantitative estimate of drug-likeness (QED) is 0.820. The normalized spacial score (nSPS) is 17.4. The summed E-state index contributed by atoms with van der Waals surface area (Å²) in [6.45, 7) is 2.02. The minimum atomic E-state index is -0.856. The smallest absolute Gasteiger partial charge is 0.305 e. The van der Waals surface area contributed by atoms with Crippen LogP contribution in [0.25, 0.3) is 6.08 Å². The van der Waals surface area contributed by atoms with Crippen LogP contribution in [0.3, 0.4) is 0 Å². The predicted octanol–water partition coefficient (Wildman–Crippen LogP) is 2.97. The fourth-order valence-electron chi connectivity index (χ4n) is 2.69. The first kappa shape index (κ1) is 14.8. The van der Waals surface area contributed by atoms with Crippen molar-refractivity contribution in [3.63, 3.8) is 0 Å². The molecule has 1 amide bonds. The van der Waals surface area contributed by atoms with Crippen LogP contribution in [-0.4, -0.2) is 22.5 Å². The molecule has 5 heteroatoms. The van der Waals surface area contributed by atoms with E-state index < -0.39 is 11.5 Å². The maximum atomic E-state index is 12.0.